The minimum Gasteiger partial charge on any atom is -0.465 e. The van der Waals surface area contributed by atoms with Gasteiger partial charge in [-0.25, -0.2) is 9.59 Å². The van der Waals surface area contributed by atoms with Gasteiger partial charge in [0.2, 0.25) is 0 Å². The minimum absolute atomic E-state index is 0.0198. The molecule has 0 bridgehead atoms. The lowest BCUT2D eigenvalue weighted by atomic mass is 10.1. The maximum atomic E-state index is 12.0. The molecule has 1 N–H and O–H groups in total. The number of hydrogen-bond acceptors (Lipinski definition) is 6. The van der Waals surface area contributed by atoms with Crippen molar-refractivity contribution in [1.82, 2.24) is 10.2 Å². The second-order valence-electron chi connectivity index (χ2n) is 5.60. The molecule has 0 atom stereocenters. The van der Waals surface area contributed by atoms with Gasteiger partial charge in [-0.15, -0.1) is 0 Å². The molecule has 7 nitrogen and oxygen atoms in total. The number of nitrogens with one attached hydrogen (secondary N) is 1. The molecule has 0 radical (unpaired) electrons. The first-order valence-corrected chi connectivity index (χ1v) is 6.53. The van der Waals surface area contributed by atoms with Crippen molar-refractivity contribution in [2.45, 2.75) is 32.8 Å². The third-order valence-corrected chi connectivity index (χ3v) is 2.11. The van der Waals surface area contributed by atoms with Gasteiger partial charge >= 0.3 is 12.1 Å². The summed E-state index contributed by atoms with van der Waals surface area (Å²) in [5.41, 5.74) is -0.663. The number of amides is 1. The molecular weight excluding hydrogens is 276 g/mol. The summed E-state index contributed by atoms with van der Waals surface area (Å²) < 4.78 is 9.60. The third kappa shape index (κ3) is 8.67. The number of carbonyl (C=O) groups excluding carboxylic acids is 3. The summed E-state index contributed by atoms with van der Waals surface area (Å²) in [5, 5.41) is 2.46. The minimum atomic E-state index is -0.703. The van der Waals surface area contributed by atoms with Crippen molar-refractivity contribution in [3.05, 3.63) is 11.8 Å². The van der Waals surface area contributed by atoms with E-state index in [0.717, 1.165) is 0 Å². The van der Waals surface area contributed by atoms with Crippen LogP contribution in [0.15, 0.2) is 11.8 Å². The third-order valence-electron chi connectivity index (χ3n) is 2.11. The van der Waals surface area contributed by atoms with Gasteiger partial charge in [-0.1, -0.05) is 0 Å². The van der Waals surface area contributed by atoms with Crippen molar-refractivity contribution in [1.29, 1.82) is 0 Å². The monoisotopic (exact) mass is 300 g/mol. The van der Waals surface area contributed by atoms with Crippen LogP contribution in [0, 0.1) is 0 Å². The first-order valence-electron chi connectivity index (χ1n) is 6.53. The van der Waals surface area contributed by atoms with E-state index in [2.05, 4.69) is 10.1 Å². The van der Waals surface area contributed by atoms with Gasteiger partial charge in [-0.05, 0) is 20.8 Å². The van der Waals surface area contributed by atoms with Crippen LogP contribution in [0.3, 0.4) is 0 Å². The molecular formula is C14H24N2O5. The summed E-state index contributed by atoms with van der Waals surface area (Å²) in [4.78, 5) is 36.5. The zero-order valence-corrected chi connectivity index (χ0v) is 13.5. The Morgan fingerprint density at radius 2 is 1.76 bits per heavy atom. The van der Waals surface area contributed by atoms with Gasteiger partial charge in [0.25, 0.3) is 0 Å². The maximum absolute atomic E-state index is 12.0. The van der Waals surface area contributed by atoms with E-state index in [9.17, 15) is 14.4 Å². The topological polar surface area (TPSA) is 84.9 Å². The van der Waals surface area contributed by atoms with Crippen LogP contribution in [0.4, 0.5) is 4.79 Å². The number of rotatable bonds is 6. The Balaban J connectivity index is 4.47. The molecule has 0 unspecified atom stereocenters. The highest BCUT2D eigenvalue weighted by Crippen LogP contribution is 2.07. The molecule has 0 saturated heterocycles. The van der Waals surface area contributed by atoms with Crippen LogP contribution < -0.4 is 5.32 Å². The Bertz CT molecular complexity index is 422. The number of nitrogens with zero attached hydrogens (tertiary/aromatic N) is 1. The van der Waals surface area contributed by atoms with Crippen LogP contribution in [0.1, 0.15) is 27.2 Å². The summed E-state index contributed by atoms with van der Waals surface area (Å²) >= 11 is 0. The summed E-state index contributed by atoms with van der Waals surface area (Å²) in [6.45, 7) is 5.31. The molecule has 0 aliphatic heterocycles. The highest BCUT2D eigenvalue weighted by atomic mass is 16.6. The zero-order chi connectivity index (χ0) is 16.6. The molecule has 0 saturated carbocycles. The number of Topliss-reactive ketones (excluding diaryl/α,β-unsaturated/α-hetero) is 1. The second kappa shape index (κ2) is 8.28. The Morgan fingerprint density at radius 3 is 2.19 bits per heavy atom. The number of ether oxygens (including phenoxy) is 2. The summed E-state index contributed by atoms with van der Waals surface area (Å²) in [6.07, 6.45) is 0.766. The van der Waals surface area contributed by atoms with Gasteiger partial charge in [0.15, 0.2) is 5.78 Å². The lowest BCUT2D eigenvalue weighted by Gasteiger charge is -2.19. The summed E-state index contributed by atoms with van der Waals surface area (Å²) in [6, 6.07) is 0. The molecule has 0 aliphatic rings. The molecule has 0 aromatic carbocycles. The molecule has 21 heavy (non-hydrogen) atoms. The molecule has 0 rings (SSSR count). The van der Waals surface area contributed by atoms with Gasteiger partial charge in [0.1, 0.15) is 11.2 Å². The van der Waals surface area contributed by atoms with Crippen molar-refractivity contribution in [2.24, 2.45) is 0 Å². The Morgan fingerprint density at radius 1 is 1.19 bits per heavy atom. The van der Waals surface area contributed by atoms with Crippen molar-refractivity contribution < 1.29 is 23.9 Å². The number of esters is 1. The highest BCUT2D eigenvalue weighted by molar-refractivity contribution is 6.17. The van der Waals surface area contributed by atoms with E-state index >= 15 is 0 Å². The van der Waals surface area contributed by atoms with Crippen LogP contribution in [-0.4, -0.2) is 56.1 Å². The van der Waals surface area contributed by atoms with Crippen molar-refractivity contribution in [3.8, 4) is 0 Å². The normalized spacial score (nSPS) is 11.6. The number of hydrogen-bond donors (Lipinski definition) is 1. The van der Waals surface area contributed by atoms with Crippen molar-refractivity contribution in [3.63, 3.8) is 0 Å². The number of carbonyl (C=O) groups is 3. The van der Waals surface area contributed by atoms with E-state index in [1.807, 2.05) is 0 Å². The van der Waals surface area contributed by atoms with Crippen molar-refractivity contribution in [2.75, 3.05) is 27.7 Å². The predicted octanol–water partition coefficient (Wildman–Crippen LogP) is 1.09. The molecule has 0 fully saturated rings. The molecule has 0 spiro atoms. The molecule has 0 aromatic heterocycles. The van der Waals surface area contributed by atoms with Crippen LogP contribution in [0.25, 0.3) is 0 Å². The lowest BCUT2D eigenvalue weighted by Crippen LogP contribution is -2.34. The fraction of sp³-hybridized carbons (Fsp3) is 0.643. The first-order chi connectivity index (χ1) is 9.56. The molecule has 7 heteroatoms. The number of alkyl carbamates (subject to hydrolysis) is 1. The lowest BCUT2D eigenvalue weighted by molar-refractivity contribution is -0.137. The molecule has 0 aromatic rings. The first kappa shape index (κ1) is 18.9. The van der Waals surface area contributed by atoms with Crippen LogP contribution in [0.5, 0.6) is 0 Å². The fourth-order valence-electron chi connectivity index (χ4n) is 1.33. The maximum Gasteiger partial charge on any atom is 0.407 e. The zero-order valence-electron chi connectivity index (χ0n) is 13.5. The van der Waals surface area contributed by atoms with E-state index in [-0.39, 0.29) is 18.5 Å². The van der Waals surface area contributed by atoms with E-state index in [1.54, 1.807) is 39.8 Å². The van der Waals surface area contributed by atoms with Crippen LogP contribution in [0.2, 0.25) is 0 Å². The van der Waals surface area contributed by atoms with Gasteiger partial charge in [0.05, 0.1) is 7.11 Å². The van der Waals surface area contributed by atoms with E-state index in [1.165, 1.54) is 13.3 Å². The van der Waals surface area contributed by atoms with E-state index in [4.69, 9.17) is 4.74 Å². The fourth-order valence-corrected chi connectivity index (χ4v) is 1.33. The molecule has 1 amide bonds. The Labute approximate surface area is 125 Å². The van der Waals surface area contributed by atoms with Crippen LogP contribution in [-0.2, 0) is 19.1 Å². The molecule has 0 heterocycles. The average molecular weight is 300 g/mol. The number of ketones is 1. The van der Waals surface area contributed by atoms with Crippen molar-refractivity contribution >= 4 is 17.8 Å². The number of methoxy groups -OCH3 is 1. The quantitative estimate of drug-likeness (QED) is 0.342. The summed E-state index contributed by atoms with van der Waals surface area (Å²) in [7, 11) is 4.59. The summed E-state index contributed by atoms with van der Waals surface area (Å²) in [5.74, 6) is -1.11. The SMILES string of the molecule is COC(=O)/C(=C\N(C)C)C(=O)CCNC(=O)OC(C)(C)C. The molecule has 120 valence electrons. The molecule has 0 aliphatic carbocycles. The highest BCUT2D eigenvalue weighted by Gasteiger charge is 2.20. The largest absolute Gasteiger partial charge is 0.465 e. The smallest absolute Gasteiger partial charge is 0.407 e. The Hall–Kier alpha value is -2.05. The average Bonchev–Trinajstić information content (AvgIpc) is 2.32. The predicted molar refractivity (Wildman–Crippen MR) is 77.6 cm³/mol. The van der Waals surface area contributed by atoms with E-state index in [0.29, 0.717) is 0 Å². The standard InChI is InChI=1S/C14H24N2O5/c1-14(2,3)21-13(19)15-8-7-11(17)10(9-16(4)5)12(18)20-6/h9H,7-8H2,1-6H3,(H,15,19)/b10-9-. The van der Waals surface area contributed by atoms with Gasteiger partial charge in [-0.3, -0.25) is 4.79 Å². The van der Waals surface area contributed by atoms with Gasteiger partial charge < -0.3 is 19.7 Å². The van der Waals surface area contributed by atoms with Gasteiger partial charge in [-0.2, -0.15) is 0 Å². The Kier molecular flexibility index (Phi) is 7.48. The van der Waals surface area contributed by atoms with E-state index < -0.39 is 23.4 Å². The van der Waals surface area contributed by atoms with Gasteiger partial charge in [0, 0.05) is 33.3 Å². The second-order valence-corrected chi connectivity index (χ2v) is 5.60. The van der Waals surface area contributed by atoms with Crippen LogP contribution >= 0.6 is 0 Å².